The summed E-state index contributed by atoms with van der Waals surface area (Å²) in [6.07, 6.45) is 4.26. The summed E-state index contributed by atoms with van der Waals surface area (Å²) in [7, 11) is 0. The first-order valence-electron chi connectivity index (χ1n) is 7.23. The van der Waals surface area contributed by atoms with Crippen LogP contribution in [0.15, 0.2) is 34.7 Å². The molecule has 21 heavy (non-hydrogen) atoms. The van der Waals surface area contributed by atoms with Crippen LogP contribution in [0.25, 0.3) is 11.0 Å². The lowest BCUT2D eigenvalue weighted by molar-refractivity contribution is 0.0685. The van der Waals surface area contributed by atoms with E-state index in [9.17, 15) is 9.59 Å². The van der Waals surface area contributed by atoms with Crippen molar-refractivity contribution in [2.45, 2.75) is 38.2 Å². The quantitative estimate of drug-likeness (QED) is 0.915. The molecular weight excluding hydrogens is 270 g/mol. The van der Waals surface area contributed by atoms with Crippen molar-refractivity contribution in [1.29, 1.82) is 0 Å². The summed E-state index contributed by atoms with van der Waals surface area (Å²) in [6, 6.07) is 8.91. The molecule has 2 aromatic rings. The fraction of sp³-hybridized carbons (Fsp3) is 0.375. The fourth-order valence-electron chi connectivity index (χ4n) is 2.61. The summed E-state index contributed by atoms with van der Waals surface area (Å²) in [5, 5.41) is 3.03. The van der Waals surface area contributed by atoms with Gasteiger partial charge in [0.2, 0.25) is 0 Å². The van der Waals surface area contributed by atoms with Gasteiger partial charge in [-0.2, -0.15) is 0 Å². The van der Waals surface area contributed by atoms with Crippen molar-refractivity contribution >= 4 is 23.0 Å². The van der Waals surface area contributed by atoms with Gasteiger partial charge in [0.05, 0.1) is 0 Å². The van der Waals surface area contributed by atoms with Crippen LogP contribution in [-0.2, 0) is 4.74 Å². The van der Waals surface area contributed by atoms with Gasteiger partial charge >= 0.3 is 6.09 Å². The Labute approximate surface area is 122 Å². The lowest BCUT2D eigenvalue weighted by atomic mass is 9.98. The molecule has 5 nitrogen and oxygen atoms in total. The molecule has 1 fully saturated rings. The second-order valence-corrected chi connectivity index (χ2v) is 5.27. The number of carbonyl (C=O) groups is 2. The lowest BCUT2D eigenvalue weighted by Gasteiger charge is -2.21. The van der Waals surface area contributed by atoms with E-state index in [2.05, 4.69) is 5.32 Å². The lowest BCUT2D eigenvalue weighted by Crippen LogP contribution is -2.34. The number of ether oxygens (including phenoxy) is 1. The predicted octanol–water partition coefficient (Wildman–Crippen LogP) is 3.63. The number of nitrogens with one attached hydrogen (secondary N) is 1. The number of carbonyl (C=O) groups excluding carboxylic acids is 2. The van der Waals surface area contributed by atoms with Gasteiger partial charge in [-0.3, -0.25) is 10.1 Å². The summed E-state index contributed by atoms with van der Waals surface area (Å²) in [4.78, 5) is 23.7. The van der Waals surface area contributed by atoms with Gasteiger partial charge in [0.25, 0.3) is 5.91 Å². The Bertz CT molecular complexity index is 622. The summed E-state index contributed by atoms with van der Waals surface area (Å²) < 4.78 is 10.6. The van der Waals surface area contributed by atoms with E-state index in [1.54, 1.807) is 12.1 Å². The van der Waals surface area contributed by atoms with Crippen molar-refractivity contribution in [3.8, 4) is 0 Å². The van der Waals surface area contributed by atoms with Crippen molar-refractivity contribution in [3.63, 3.8) is 0 Å². The minimum absolute atomic E-state index is 0.0813. The van der Waals surface area contributed by atoms with Gasteiger partial charge in [0, 0.05) is 5.39 Å². The van der Waals surface area contributed by atoms with Crippen LogP contribution < -0.4 is 5.32 Å². The highest BCUT2D eigenvalue weighted by Gasteiger charge is 2.20. The fourth-order valence-corrected chi connectivity index (χ4v) is 2.61. The maximum atomic E-state index is 12.0. The number of fused-ring (bicyclic) bond motifs is 1. The first-order chi connectivity index (χ1) is 10.2. The summed E-state index contributed by atoms with van der Waals surface area (Å²) in [6.45, 7) is 0. The third kappa shape index (κ3) is 3.24. The second kappa shape index (κ2) is 5.99. The molecule has 1 aliphatic carbocycles. The molecule has 3 rings (SSSR count). The van der Waals surface area contributed by atoms with Gasteiger partial charge < -0.3 is 9.15 Å². The normalized spacial score (nSPS) is 15.8. The summed E-state index contributed by atoms with van der Waals surface area (Å²) >= 11 is 0. The summed E-state index contributed by atoms with van der Waals surface area (Å²) in [5.41, 5.74) is 0.614. The van der Waals surface area contributed by atoms with Crippen LogP contribution in [0.3, 0.4) is 0 Å². The third-order valence-electron chi connectivity index (χ3n) is 3.69. The highest BCUT2D eigenvalue weighted by atomic mass is 16.6. The molecular formula is C16H17NO4. The molecule has 1 aromatic heterocycles. The molecule has 1 N–H and O–H groups in total. The van der Waals surface area contributed by atoms with Crippen LogP contribution in [-0.4, -0.2) is 18.1 Å². The van der Waals surface area contributed by atoms with E-state index < -0.39 is 12.0 Å². The molecule has 0 radical (unpaired) electrons. The van der Waals surface area contributed by atoms with E-state index in [-0.39, 0.29) is 11.9 Å². The van der Waals surface area contributed by atoms with E-state index in [0.29, 0.717) is 5.58 Å². The van der Waals surface area contributed by atoms with E-state index >= 15 is 0 Å². The highest BCUT2D eigenvalue weighted by Crippen LogP contribution is 2.21. The first kappa shape index (κ1) is 13.7. The molecule has 0 atom stereocenters. The number of hydrogen-bond acceptors (Lipinski definition) is 4. The minimum Gasteiger partial charge on any atom is -0.451 e. The van der Waals surface area contributed by atoms with E-state index in [1.807, 2.05) is 18.2 Å². The molecule has 0 spiro atoms. The molecule has 1 heterocycles. The highest BCUT2D eigenvalue weighted by molar-refractivity contribution is 6.03. The standard InChI is InChI=1S/C16H17NO4/c18-15(14-10-11-6-4-5-9-13(11)21-14)17-16(19)20-12-7-2-1-3-8-12/h4-6,9-10,12H,1-3,7-8H2,(H,17,18,19). The number of para-hydroxylation sites is 1. The maximum Gasteiger partial charge on any atom is 0.414 e. The van der Waals surface area contributed by atoms with Crippen LogP contribution >= 0.6 is 0 Å². The topological polar surface area (TPSA) is 68.5 Å². The van der Waals surface area contributed by atoms with Crippen molar-refractivity contribution in [1.82, 2.24) is 5.32 Å². The zero-order valence-electron chi connectivity index (χ0n) is 11.6. The molecule has 0 unspecified atom stereocenters. The average Bonchev–Trinajstić information content (AvgIpc) is 2.92. The van der Waals surface area contributed by atoms with Crippen LogP contribution in [0.1, 0.15) is 42.7 Å². The zero-order chi connectivity index (χ0) is 14.7. The number of furan rings is 1. The monoisotopic (exact) mass is 287 g/mol. The van der Waals surface area contributed by atoms with E-state index in [0.717, 1.165) is 31.1 Å². The number of amides is 2. The molecule has 0 aliphatic heterocycles. The largest absolute Gasteiger partial charge is 0.451 e. The third-order valence-corrected chi connectivity index (χ3v) is 3.69. The molecule has 5 heteroatoms. The van der Waals surface area contributed by atoms with Crippen molar-refractivity contribution in [2.75, 3.05) is 0 Å². The SMILES string of the molecule is O=C(NC(=O)c1cc2ccccc2o1)OC1CCCCC1. The van der Waals surface area contributed by atoms with Gasteiger partial charge in [-0.25, -0.2) is 4.79 Å². The number of benzene rings is 1. The van der Waals surface area contributed by atoms with Crippen molar-refractivity contribution in [2.24, 2.45) is 0 Å². The van der Waals surface area contributed by atoms with Gasteiger partial charge in [-0.15, -0.1) is 0 Å². The zero-order valence-corrected chi connectivity index (χ0v) is 11.6. The Hall–Kier alpha value is -2.30. The van der Waals surface area contributed by atoms with Crippen LogP contribution in [0.2, 0.25) is 0 Å². The Balaban J connectivity index is 1.61. The Morgan fingerprint density at radius 3 is 2.67 bits per heavy atom. The second-order valence-electron chi connectivity index (χ2n) is 5.27. The van der Waals surface area contributed by atoms with E-state index in [4.69, 9.17) is 9.15 Å². The smallest absolute Gasteiger partial charge is 0.414 e. The molecule has 1 aromatic carbocycles. The van der Waals surface area contributed by atoms with Crippen molar-refractivity contribution < 1.29 is 18.7 Å². The Morgan fingerprint density at radius 2 is 1.90 bits per heavy atom. The van der Waals surface area contributed by atoms with Gasteiger partial charge in [0.1, 0.15) is 11.7 Å². The Kier molecular flexibility index (Phi) is 3.90. The molecule has 1 saturated carbocycles. The van der Waals surface area contributed by atoms with Crippen molar-refractivity contribution in [3.05, 3.63) is 36.1 Å². The van der Waals surface area contributed by atoms with E-state index in [1.165, 1.54) is 6.42 Å². The number of rotatable bonds is 2. The van der Waals surface area contributed by atoms with Gasteiger partial charge in [0.15, 0.2) is 5.76 Å². The number of hydrogen-bond donors (Lipinski definition) is 1. The number of imide groups is 1. The molecule has 2 amide bonds. The summed E-state index contributed by atoms with van der Waals surface area (Å²) in [5.74, 6) is -0.469. The minimum atomic E-state index is -0.702. The van der Waals surface area contributed by atoms with Gasteiger partial charge in [-0.1, -0.05) is 24.6 Å². The molecule has 0 bridgehead atoms. The molecule has 0 saturated heterocycles. The first-order valence-corrected chi connectivity index (χ1v) is 7.23. The molecule has 1 aliphatic rings. The average molecular weight is 287 g/mol. The van der Waals surface area contributed by atoms with Gasteiger partial charge in [-0.05, 0) is 37.8 Å². The van der Waals surface area contributed by atoms with Crippen LogP contribution in [0, 0.1) is 0 Å². The maximum absolute atomic E-state index is 12.0. The Morgan fingerprint density at radius 1 is 1.14 bits per heavy atom. The molecule has 110 valence electrons. The predicted molar refractivity (Wildman–Crippen MR) is 77.0 cm³/mol. The number of alkyl carbamates (subject to hydrolysis) is 1. The van der Waals surface area contributed by atoms with Crippen LogP contribution in [0.5, 0.6) is 0 Å². The van der Waals surface area contributed by atoms with Crippen LogP contribution in [0.4, 0.5) is 4.79 Å².